The van der Waals surface area contributed by atoms with E-state index in [-0.39, 0.29) is 29.2 Å². The number of quaternary nitrogens is 2. The van der Waals surface area contributed by atoms with Gasteiger partial charge in [-0.2, -0.15) is 13.2 Å². The summed E-state index contributed by atoms with van der Waals surface area (Å²) in [6.07, 6.45) is -1.19. The number of thiophene rings is 4. The Labute approximate surface area is 398 Å². The van der Waals surface area contributed by atoms with Crippen molar-refractivity contribution in [1.82, 2.24) is 0 Å². The first kappa shape index (κ1) is 52.2. The number of rotatable bonds is 16. The van der Waals surface area contributed by atoms with Gasteiger partial charge in [-0.15, -0.1) is 45.3 Å². The normalized spacial score (nSPS) is 24.9. The number of nitrogens with zero attached hydrogens (tertiary/aromatic N) is 2. The maximum absolute atomic E-state index is 13.3. The number of carbonyl (C=O) groups is 3. The molecule has 20 heteroatoms. The number of carbonyl (C=O) groups excluding carboxylic acids is 3. The molecule has 2 atom stereocenters. The van der Waals surface area contributed by atoms with Gasteiger partial charge in [-0.05, 0) is 59.6 Å². The van der Waals surface area contributed by atoms with E-state index >= 15 is 0 Å². The minimum absolute atomic E-state index is 0. The van der Waals surface area contributed by atoms with Crippen LogP contribution >= 0.6 is 45.3 Å². The topological polar surface area (TPSA) is 152 Å². The molecular weight excluding hydrogens is 982 g/mol. The Hall–Kier alpha value is -2.76. The highest BCUT2D eigenvalue weighted by Gasteiger charge is 2.53. The lowest BCUT2D eigenvalue weighted by Crippen LogP contribution is -3.00. The van der Waals surface area contributed by atoms with Gasteiger partial charge in [0, 0.05) is 50.7 Å². The Morgan fingerprint density at radius 2 is 0.938 bits per heavy atom. The van der Waals surface area contributed by atoms with E-state index in [1.54, 1.807) is 24.3 Å². The largest absolute Gasteiger partial charge is 1.00 e. The number of piperidine rings is 6. The number of carboxylic acid groups (broad SMARTS) is 1. The summed E-state index contributed by atoms with van der Waals surface area (Å²) in [6.45, 7) is 15.1. The zero-order chi connectivity index (χ0) is 45.3. The predicted molar refractivity (Wildman–Crippen MR) is 232 cm³/mol. The van der Waals surface area contributed by atoms with E-state index in [2.05, 4.69) is 0 Å². The lowest BCUT2D eigenvalue weighted by atomic mass is 9.83. The molecule has 0 radical (unpaired) electrons. The minimum atomic E-state index is -5.19. The molecule has 64 heavy (non-hydrogen) atoms. The van der Waals surface area contributed by atoms with Crippen LogP contribution < -0.4 is 22.1 Å². The van der Waals surface area contributed by atoms with E-state index in [0.29, 0.717) is 31.3 Å². The zero-order valence-electron chi connectivity index (χ0n) is 35.8. The predicted octanol–water partition coefficient (Wildman–Crippen LogP) is 2.77. The highest BCUT2D eigenvalue weighted by Crippen LogP contribution is 2.42. The highest BCUT2D eigenvalue weighted by molar-refractivity contribution is 7.12. The maximum atomic E-state index is 13.3. The number of hydrogen-bond donors (Lipinski definition) is 2. The van der Waals surface area contributed by atoms with Gasteiger partial charge in [0.15, 0.2) is 12.2 Å². The first-order chi connectivity index (χ1) is 30.1. The summed E-state index contributed by atoms with van der Waals surface area (Å²) >= 11 is 5.53. The van der Waals surface area contributed by atoms with Crippen LogP contribution in [0.4, 0.5) is 13.2 Å². The summed E-state index contributed by atoms with van der Waals surface area (Å²) in [5, 5.41) is 39.2. The molecule has 4 aromatic heterocycles. The van der Waals surface area contributed by atoms with Crippen molar-refractivity contribution >= 4 is 63.3 Å². The average molecular weight is 1040 g/mol. The van der Waals surface area contributed by atoms with Crippen LogP contribution in [-0.4, -0.2) is 134 Å². The number of aliphatic carboxylic acids is 1. The Morgan fingerprint density at radius 1 is 0.641 bits per heavy atom. The van der Waals surface area contributed by atoms with Crippen molar-refractivity contribution in [1.29, 1.82) is 0 Å². The molecule has 6 saturated heterocycles. The summed E-state index contributed by atoms with van der Waals surface area (Å²) in [4.78, 5) is 37.8. The molecule has 12 nitrogen and oxygen atoms in total. The average Bonchev–Trinajstić information content (AvgIpc) is 4.13. The molecule has 354 valence electrons. The van der Waals surface area contributed by atoms with Crippen LogP contribution in [0.1, 0.15) is 59.0 Å². The lowest BCUT2D eigenvalue weighted by Gasteiger charge is -2.52. The van der Waals surface area contributed by atoms with E-state index in [1.807, 2.05) is 59.6 Å². The van der Waals surface area contributed by atoms with Crippen molar-refractivity contribution in [3.05, 3.63) is 89.6 Å². The fourth-order valence-corrected chi connectivity index (χ4v) is 12.6. The Kier molecular flexibility index (Phi) is 18.6. The molecule has 0 aromatic carbocycles. The standard InChI is InChI=1S/2C21H28NO4S2.C2HF3O2.BrH/c2*1-2-25-12-11-22-9-7-16(8-10-22)17(15-22)26-20(23)21(24,18-5-3-13-27-18)19-6-4-14-28-19;3-2(4,5)1(6)7;/h2*3-6,13-14,16-17,24H,2,7-12,15H2,1H3;(H,6,7);1H/q2*+1;;/p-2/t2*16?,17-,22?;;/m00../s1. The van der Waals surface area contributed by atoms with E-state index in [0.717, 1.165) is 113 Å². The number of halogens is 4. The molecule has 0 saturated carbocycles. The van der Waals surface area contributed by atoms with E-state index < -0.39 is 35.3 Å². The van der Waals surface area contributed by atoms with Gasteiger partial charge < -0.3 is 65.0 Å². The molecule has 6 fully saturated rings. The van der Waals surface area contributed by atoms with Gasteiger partial charge in [-0.25, -0.2) is 9.59 Å². The van der Waals surface area contributed by atoms with Gasteiger partial charge in [0.05, 0.1) is 58.9 Å². The first-order valence-corrected chi connectivity index (χ1v) is 24.8. The van der Waals surface area contributed by atoms with Gasteiger partial charge >= 0.3 is 18.1 Å². The molecule has 2 N–H and O–H groups in total. The number of esters is 2. The van der Waals surface area contributed by atoms with E-state index in [1.165, 1.54) is 45.3 Å². The van der Waals surface area contributed by atoms with Crippen LogP contribution in [0.15, 0.2) is 70.1 Å². The highest BCUT2D eigenvalue weighted by atomic mass is 79.9. The molecule has 0 amide bonds. The minimum Gasteiger partial charge on any atom is -1.00 e. The van der Waals surface area contributed by atoms with Crippen LogP contribution in [0.3, 0.4) is 0 Å². The van der Waals surface area contributed by atoms with Crippen LogP contribution in [-0.2, 0) is 44.5 Å². The van der Waals surface area contributed by atoms with Crippen molar-refractivity contribution in [2.75, 3.05) is 78.8 Å². The zero-order valence-corrected chi connectivity index (χ0v) is 40.6. The fourth-order valence-electron chi connectivity index (χ4n) is 9.17. The summed E-state index contributed by atoms with van der Waals surface area (Å²) in [7, 11) is 0. The van der Waals surface area contributed by atoms with Crippen molar-refractivity contribution in [3.8, 4) is 0 Å². The van der Waals surface area contributed by atoms with Crippen molar-refractivity contribution in [2.24, 2.45) is 11.8 Å². The van der Waals surface area contributed by atoms with Gasteiger partial charge in [0.1, 0.15) is 32.1 Å². The van der Waals surface area contributed by atoms with Crippen molar-refractivity contribution < 1.29 is 87.8 Å². The second-order valence-corrected chi connectivity index (χ2v) is 20.3. The molecule has 6 aliphatic rings. The van der Waals surface area contributed by atoms with Gasteiger partial charge in [-0.3, -0.25) is 0 Å². The van der Waals surface area contributed by atoms with Gasteiger partial charge in [0.25, 0.3) is 0 Å². The number of alkyl halides is 3. The summed E-state index contributed by atoms with van der Waals surface area (Å²) in [6, 6.07) is 14.6. The van der Waals surface area contributed by atoms with Crippen LogP contribution in [0.25, 0.3) is 0 Å². The summed E-state index contributed by atoms with van der Waals surface area (Å²) in [5.74, 6) is -3.30. The first-order valence-electron chi connectivity index (χ1n) is 21.3. The van der Waals surface area contributed by atoms with Crippen molar-refractivity contribution in [3.63, 3.8) is 0 Å². The molecule has 4 aromatic rings. The number of hydrogen-bond acceptors (Lipinski definition) is 14. The third-order valence-corrected chi connectivity index (χ3v) is 16.7. The molecule has 6 aliphatic heterocycles. The molecule has 0 aliphatic carbocycles. The molecule has 4 bridgehead atoms. The SMILES string of the molecule is CCOCC[N+]12CCC(CC1)[C@@H](OC(=O)C(O)(c1cccs1)c1cccs1)C2.CCOCC[N+]12CCC(CC1)[C@@H](OC(=O)C(O)(c1cccs1)c1cccs1)C2.O=C([O-])C(F)(F)F.[Br-]. The van der Waals surface area contributed by atoms with Crippen molar-refractivity contribution in [2.45, 2.75) is 69.1 Å². The van der Waals surface area contributed by atoms with Gasteiger partial charge in [-0.1, -0.05) is 24.3 Å². The van der Waals surface area contributed by atoms with Crippen LogP contribution in [0.2, 0.25) is 0 Å². The Bertz CT molecular complexity index is 1820. The fraction of sp³-hybridized carbons (Fsp3) is 0.568. The van der Waals surface area contributed by atoms with Crippen LogP contribution in [0.5, 0.6) is 0 Å². The van der Waals surface area contributed by atoms with E-state index in [9.17, 15) is 33.0 Å². The third-order valence-electron chi connectivity index (χ3n) is 12.8. The molecule has 0 unspecified atom stereocenters. The second kappa shape index (κ2) is 22.8. The number of carboxylic acids is 1. The third kappa shape index (κ3) is 12.0. The Morgan fingerprint density at radius 3 is 1.17 bits per heavy atom. The number of fused-ring (bicyclic) bond motifs is 6. The molecule has 10 heterocycles. The molecule has 0 spiro atoms. The Balaban J connectivity index is 0.000000207. The summed E-state index contributed by atoms with van der Waals surface area (Å²) < 4.78 is 56.7. The lowest BCUT2D eigenvalue weighted by molar-refractivity contribution is -0.946. The quantitative estimate of drug-likeness (QED) is 0.0975. The smallest absolute Gasteiger partial charge is 0.430 e. The van der Waals surface area contributed by atoms with Gasteiger partial charge in [0.2, 0.25) is 11.2 Å². The second-order valence-electron chi connectivity index (χ2n) is 16.5. The van der Waals surface area contributed by atoms with E-state index in [4.69, 9.17) is 28.8 Å². The number of ether oxygens (including phenoxy) is 4. The van der Waals surface area contributed by atoms with Crippen LogP contribution in [0, 0.1) is 11.8 Å². The monoisotopic (exact) mass is 1040 g/mol. The summed E-state index contributed by atoms with van der Waals surface area (Å²) in [5.41, 5.74) is -3.44. The molecular formula is C44H56BrF3N2O10S4. The molecule has 10 rings (SSSR count). The maximum Gasteiger partial charge on any atom is 0.430 e. The number of aliphatic hydroxyl groups is 2.